The fourth-order valence-corrected chi connectivity index (χ4v) is 2.82. The third kappa shape index (κ3) is 3.51. The number of phenols is 2. The molecule has 0 saturated heterocycles. The van der Waals surface area contributed by atoms with Crippen molar-refractivity contribution < 1.29 is 10.2 Å². The molecule has 0 radical (unpaired) electrons. The second-order valence-corrected chi connectivity index (χ2v) is 6.26. The summed E-state index contributed by atoms with van der Waals surface area (Å²) in [5.41, 5.74) is 1.27. The Kier molecular flexibility index (Phi) is 4.91. The van der Waals surface area contributed by atoms with Crippen molar-refractivity contribution in [2.24, 2.45) is 27.5 Å². The van der Waals surface area contributed by atoms with Crippen LogP contribution in [-0.2, 0) is 7.05 Å². The minimum Gasteiger partial charge on any atom is -0.505 e. The molecule has 11 heteroatoms. The Balaban J connectivity index is 2.00. The first-order valence-electron chi connectivity index (χ1n) is 7.65. The molecule has 0 aliphatic rings. The summed E-state index contributed by atoms with van der Waals surface area (Å²) in [6.07, 6.45) is 1.57. The van der Waals surface area contributed by atoms with Crippen molar-refractivity contribution in [3.63, 3.8) is 0 Å². The zero-order valence-corrected chi connectivity index (χ0v) is 15.4. The van der Waals surface area contributed by atoms with E-state index in [1.807, 2.05) is 6.07 Å². The van der Waals surface area contributed by atoms with Crippen molar-refractivity contribution in [3.05, 3.63) is 35.2 Å². The molecule has 0 spiro atoms. The van der Waals surface area contributed by atoms with E-state index in [0.29, 0.717) is 22.1 Å². The maximum absolute atomic E-state index is 10.2. The minimum absolute atomic E-state index is 0.0826. The van der Waals surface area contributed by atoms with Gasteiger partial charge in [0, 0.05) is 24.7 Å². The molecule has 2 heterocycles. The van der Waals surface area contributed by atoms with E-state index in [1.165, 1.54) is 17.7 Å². The van der Waals surface area contributed by atoms with E-state index < -0.39 is 0 Å². The van der Waals surface area contributed by atoms with E-state index in [4.69, 9.17) is 5.26 Å². The van der Waals surface area contributed by atoms with Crippen LogP contribution in [0.1, 0.15) is 16.8 Å². The van der Waals surface area contributed by atoms with Gasteiger partial charge in [-0.2, -0.15) is 14.7 Å². The summed E-state index contributed by atoms with van der Waals surface area (Å²) in [5.74, 6) is 0.0290. The number of aromatic nitrogens is 3. The second kappa shape index (κ2) is 7.30. The third-order valence-corrected chi connectivity index (χ3v) is 4.55. The molecule has 0 bridgehead atoms. The molecule has 0 aliphatic carbocycles. The van der Waals surface area contributed by atoms with Gasteiger partial charge in [0.15, 0.2) is 10.8 Å². The number of aromatic hydroxyl groups is 2. The molecule has 0 unspecified atom stereocenters. The Morgan fingerprint density at radius 3 is 2.37 bits per heavy atom. The van der Waals surface area contributed by atoms with Gasteiger partial charge in [0.1, 0.15) is 34.5 Å². The van der Waals surface area contributed by atoms with Gasteiger partial charge in [-0.1, -0.05) is 0 Å². The lowest BCUT2D eigenvalue weighted by Crippen LogP contribution is -1.87. The molecular formula is C16H14N8O2S. The van der Waals surface area contributed by atoms with E-state index in [2.05, 4.69) is 29.9 Å². The van der Waals surface area contributed by atoms with Gasteiger partial charge in [0.25, 0.3) is 0 Å². The van der Waals surface area contributed by atoms with E-state index >= 15 is 0 Å². The molecule has 3 aromatic rings. The van der Waals surface area contributed by atoms with Gasteiger partial charge in [-0.25, -0.2) is 4.68 Å². The van der Waals surface area contributed by atoms with Crippen LogP contribution in [0.15, 0.2) is 38.8 Å². The number of hydrogen-bond donors (Lipinski definition) is 2. The lowest BCUT2D eigenvalue weighted by Gasteiger charge is -2.07. The summed E-state index contributed by atoms with van der Waals surface area (Å²) in [7, 11) is 1.71. The highest BCUT2D eigenvalue weighted by atomic mass is 32.1. The zero-order chi connectivity index (χ0) is 19.6. The van der Waals surface area contributed by atoms with Crippen molar-refractivity contribution >= 4 is 33.7 Å². The monoisotopic (exact) mass is 382 g/mol. The average Bonchev–Trinajstić information content (AvgIpc) is 3.23. The molecule has 0 saturated carbocycles. The van der Waals surface area contributed by atoms with Crippen LogP contribution in [0.3, 0.4) is 0 Å². The van der Waals surface area contributed by atoms with E-state index in [-0.39, 0.29) is 28.4 Å². The number of phenolic OH excluding ortho intramolecular Hbond substituents is 2. The van der Waals surface area contributed by atoms with Gasteiger partial charge < -0.3 is 10.2 Å². The SMILES string of the molecule is Cc1nsc(/N=N/c2cc(/N=N/c3ccnn3C)c(O)c(C)c2O)c1C#N. The van der Waals surface area contributed by atoms with Crippen LogP contribution in [0.2, 0.25) is 0 Å². The lowest BCUT2D eigenvalue weighted by atomic mass is 10.1. The van der Waals surface area contributed by atoms with E-state index in [1.54, 1.807) is 26.2 Å². The molecule has 1 aromatic carbocycles. The van der Waals surface area contributed by atoms with Gasteiger partial charge in [0.05, 0.1) is 11.9 Å². The molecule has 10 nitrogen and oxygen atoms in total. The van der Waals surface area contributed by atoms with E-state index in [0.717, 1.165) is 11.5 Å². The predicted molar refractivity (Wildman–Crippen MR) is 97.6 cm³/mol. The Labute approximate surface area is 157 Å². The summed E-state index contributed by atoms with van der Waals surface area (Å²) in [6.45, 7) is 3.22. The summed E-state index contributed by atoms with van der Waals surface area (Å²) in [4.78, 5) is 0. The number of nitriles is 1. The van der Waals surface area contributed by atoms with Gasteiger partial charge in [-0.05, 0) is 25.4 Å². The van der Waals surface area contributed by atoms with Crippen LogP contribution in [0, 0.1) is 25.2 Å². The molecule has 0 fully saturated rings. The predicted octanol–water partition coefficient (Wildman–Crippen LogP) is 4.61. The summed E-state index contributed by atoms with van der Waals surface area (Å²) < 4.78 is 5.58. The first-order chi connectivity index (χ1) is 12.9. The summed E-state index contributed by atoms with van der Waals surface area (Å²) >= 11 is 1.03. The Bertz CT molecular complexity index is 1110. The molecule has 0 amide bonds. The van der Waals surface area contributed by atoms with Crippen LogP contribution in [0.25, 0.3) is 0 Å². The highest BCUT2D eigenvalue weighted by Crippen LogP contribution is 2.44. The summed E-state index contributed by atoms with van der Waals surface area (Å²) in [6, 6.07) is 5.02. The van der Waals surface area contributed by atoms with Crippen LogP contribution in [0.4, 0.5) is 22.2 Å². The molecule has 136 valence electrons. The lowest BCUT2D eigenvalue weighted by molar-refractivity contribution is 0.444. The molecule has 3 rings (SSSR count). The van der Waals surface area contributed by atoms with Crippen LogP contribution < -0.4 is 0 Å². The fraction of sp³-hybridized carbons (Fsp3) is 0.188. The molecule has 2 N–H and O–H groups in total. The first kappa shape index (κ1) is 18.2. The van der Waals surface area contributed by atoms with Crippen molar-refractivity contribution in [1.82, 2.24) is 14.2 Å². The number of azo groups is 2. The highest BCUT2D eigenvalue weighted by Gasteiger charge is 2.15. The van der Waals surface area contributed by atoms with Crippen molar-refractivity contribution in [2.75, 3.05) is 0 Å². The van der Waals surface area contributed by atoms with Gasteiger partial charge in [0.2, 0.25) is 0 Å². The highest BCUT2D eigenvalue weighted by molar-refractivity contribution is 7.10. The van der Waals surface area contributed by atoms with Crippen LogP contribution in [0.5, 0.6) is 11.5 Å². The number of aryl methyl sites for hydroxylation is 2. The largest absolute Gasteiger partial charge is 0.505 e. The molecule has 0 atom stereocenters. The number of rotatable bonds is 4. The van der Waals surface area contributed by atoms with Crippen LogP contribution >= 0.6 is 11.5 Å². The second-order valence-electron chi connectivity index (χ2n) is 5.51. The van der Waals surface area contributed by atoms with E-state index in [9.17, 15) is 10.2 Å². The Hall–Kier alpha value is -3.65. The number of hydrogen-bond acceptors (Lipinski definition) is 10. The molecule has 0 aliphatic heterocycles. The van der Waals surface area contributed by atoms with Crippen molar-refractivity contribution in [3.8, 4) is 17.6 Å². The van der Waals surface area contributed by atoms with Gasteiger partial charge in [-0.3, -0.25) is 0 Å². The normalized spacial score (nSPS) is 11.5. The maximum atomic E-state index is 10.2. The molecular weight excluding hydrogens is 368 g/mol. The molecule has 27 heavy (non-hydrogen) atoms. The smallest absolute Gasteiger partial charge is 0.176 e. The number of nitrogens with zero attached hydrogens (tertiary/aromatic N) is 8. The topological polar surface area (TPSA) is 144 Å². The Morgan fingerprint density at radius 1 is 1.11 bits per heavy atom. The van der Waals surface area contributed by atoms with Crippen LogP contribution in [-0.4, -0.2) is 24.4 Å². The average molecular weight is 382 g/mol. The zero-order valence-electron chi connectivity index (χ0n) is 14.6. The summed E-state index contributed by atoms with van der Waals surface area (Å²) in [5, 5.41) is 49.9. The van der Waals surface area contributed by atoms with Gasteiger partial charge in [-0.15, -0.1) is 20.5 Å². The minimum atomic E-state index is -0.240. The standard InChI is InChI=1S/C16H14N8O2S/c1-8-14(25)11(19-21-13-4-5-18-24(13)3)6-12(15(8)26)20-22-16-10(7-17)9(2)23-27-16/h4-6,25-26H,1-3H3/b21-19+,22-20+. The van der Waals surface area contributed by atoms with Crippen molar-refractivity contribution in [2.45, 2.75) is 13.8 Å². The number of benzene rings is 1. The van der Waals surface area contributed by atoms with Gasteiger partial charge >= 0.3 is 0 Å². The van der Waals surface area contributed by atoms with Crippen molar-refractivity contribution in [1.29, 1.82) is 5.26 Å². The fourth-order valence-electron chi connectivity index (χ4n) is 2.14. The molecule has 2 aromatic heterocycles. The Morgan fingerprint density at radius 2 is 1.78 bits per heavy atom. The quantitative estimate of drug-likeness (QED) is 0.633. The maximum Gasteiger partial charge on any atom is 0.176 e. The first-order valence-corrected chi connectivity index (χ1v) is 8.43. The third-order valence-electron chi connectivity index (χ3n) is 3.73.